The van der Waals surface area contributed by atoms with Crippen molar-refractivity contribution in [2.45, 2.75) is 12.5 Å². The van der Waals surface area contributed by atoms with E-state index in [0.717, 1.165) is 26.7 Å². The number of benzene rings is 2. The Balaban J connectivity index is 2.27. The number of nitrogens with zero attached hydrogens (tertiary/aromatic N) is 1. The van der Waals surface area contributed by atoms with Crippen molar-refractivity contribution in [1.29, 1.82) is 0 Å². The summed E-state index contributed by atoms with van der Waals surface area (Å²) in [6.07, 6.45) is 3.42. The second-order valence-electron chi connectivity index (χ2n) is 5.30. The maximum absolute atomic E-state index is 11.6. The number of rotatable bonds is 3. The molecule has 0 saturated heterocycles. The fourth-order valence-corrected chi connectivity index (χ4v) is 3.18. The normalized spacial score (nSPS) is 13.6. The first-order chi connectivity index (χ1) is 10.6. The molecule has 0 aliphatic heterocycles. The number of aryl methyl sites for hydroxylation is 1. The first-order valence-corrected chi connectivity index (χ1v) is 7.86. The Labute approximate surface area is 138 Å². The van der Waals surface area contributed by atoms with E-state index in [1.54, 1.807) is 12.4 Å². The molecule has 3 heteroatoms. The summed E-state index contributed by atoms with van der Waals surface area (Å²) >= 11 is 3.56. The number of halogens is 1. The first kappa shape index (κ1) is 14.9. The Morgan fingerprint density at radius 2 is 1.64 bits per heavy atom. The van der Waals surface area contributed by atoms with Crippen LogP contribution in [0.2, 0.25) is 0 Å². The molecule has 110 valence electrons. The quantitative estimate of drug-likeness (QED) is 0.755. The Morgan fingerprint density at radius 1 is 0.909 bits per heavy atom. The topological polar surface area (TPSA) is 33.1 Å². The number of pyridine rings is 1. The van der Waals surface area contributed by atoms with Crippen molar-refractivity contribution in [3.05, 3.63) is 99.8 Å². The Hall–Kier alpha value is -1.97. The van der Waals surface area contributed by atoms with Crippen LogP contribution in [0.25, 0.3) is 0 Å². The maximum atomic E-state index is 11.6. The van der Waals surface area contributed by atoms with Crippen LogP contribution in [0.5, 0.6) is 0 Å². The first-order valence-electron chi connectivity index (χ1n) is 7.07. The van der Waals surface area contributed by atoms with Gasteiger partial charge in [0.15, 0.2) is 0 Å². The van der Waals surface area contributed by atoms with Crippen molar-refractivity contribution in [2.24, 2.45) is 0 Å². The lowest BCUT2D eigenvalue weighted by Gasteiger charge is -2.30. The van der Waals surface area contributed by atoms with Gasteiger partial charge < -0.3 is 5.11 Å². The van der Waals surface area contributed by atoms with E-state index in [0.29, 0.717) is 0 Å². The van der Waals surface area contributed by atoms with Gasteiger partial charge in [-0.05, 0) is 24.6 Å². The number of hydrogen-bond donors (Lipinski definition) is 1. The van der Waals surface area contributed by atoms with Gasteiger partial charge in [-0.15, -0.1) is 0 Å². The smallest absolute Gasteiger partial charge is 0.143 e. The zero-order valence-corrected chi connectivity index (χ0v) is 13.8. The van der Waals surface area contributed by atoms with E-state index in [1.807, 2.05) is 67.6 Å². The van der Waals surface area contributed by atoms with Gasteiger partial charge in [-0.2, -0.15) is 0 Å². The van der Waals surface area contributed by atoms with E-state index < -0.39 is 5.60 Å². The lowest BCUT2D eigenvalue weighted by molar-refractivity contribution is 0.124. The Bertz CT molecular complexity index is 771. The summed E-state index contributed by atoms with van der Waals surface area (Å²) in [6, 6.07) is 19.4. The molecule has 22 heavy (non-hydrogen) atoms. The summed E-state index contributed by atoms with van der Waals surface area (Å²) in [5, 5.41) is 11.6. The van der Waals surface area contributed by atoms with Crippen LogP contribution in [0, 0.1) is 6.92 Å². The molecule has 0 spiro atoms. The standard InChI is InChI=1S/C19H16BrNO/c1-14-8-10-15(11-9-14)19(22,16-5-4-12-21-13-16)17-6-2-3-7-18(17)20/h2-13,22H,1H3. The van der Waals surface area contributed by atoms with E-state index in [9.17, 15) is 5.11 Å². The number of aromatic nitrogens is 1. The molecular weight excluding hydrogens is 338 g/mol. The highest BCUT2D eigenvalue weighted by Crippen LogP contribution is 2.39. The van der Waals surface area contributed by atoms with Gasteiger partial charge >= 0.3 is 0 Å². The molecule has 0 fully saturated rings. The van der Waals surface area contributed by atoms with E-state index in [-0.39, 0.29) is 0 Å². The average Bonchev–Trinajstić information content (AvgIpc) is 2.56. The Kier molecular flexibility index (Phi) is 4.10. The molecule has 0 bridgehead atoms. The predicted octanol–water partition coefficient (Wildman–Crippen LogP) is 4.44. The molecule has 0 saturated carbocycles. The second-order valence-corrected chi connectivity index (χ2v) is 6.15. The van der Waals surface area contributed by atoms with Crippen molar-refractivity contribution in [3.63, 3.8) is 0 Å². The van der Waals surface area contributed by atoms with Crippen LogP contribution in [-0.4, -0.2) is 10.1 Å². The summed E-state index contributed by atoms with van der Waals surface area (Å²) in [4.78, 5) is 4.17. The van der Waals surface area contributed by atoms with Crippen molar-refractivity contribution < 1.29 is 5.11 Å². The minimum Gasteiger partial charge on any atom is -0.376 e. The van der Waals surface area contributed by atoms with Gasteiger partial charge in [0, 0.05) is 28.0 Å². The minimum atomic E-state index is -1.25. The van der Waals surface area contributed by atoms with Crippen LogP contribution in [0.4, 0.5) is 0 Å². The molecular formula is C19H16BrNO. The van der Waals surface area contributed by atoms with Gasteiger partial charge in [-0.1, -0.05) is 70.0 Å². The summed E-state index contributed by atoms with van der Waals surface area (Å²) in [5.74, 6) is 0. The molecule has 1 N–H and O–H groups in total. The molecule has 3 aromatic rings. The van der Waals surface area contributed by atoms with Crippen molar-refractivity contribution in [3.8, 4) is 0 Å². The van der Waals surface area contributed by atoms with Gasteiger partial charge in [-0.25, -0.2) is 0 Å². The van der Waals surface area contributed by atoms with E-state index >= 15 is 0 Å². The molecule has 1 aromatic heterocycles. The predicted molar refractivity (Wildman–Crippen MR) is 91.7 cm³/mol. The molecule has 2 nitrogen and oxygen atoms in total. The van der Waals surface area contributed by atoms with Gasteiger partial charge in [0.2, 0.25) is 0 Å². The zero-order chi connectivity index (χ0) is 15.6. The molecule has 0 amide bonds. The van der Waals surface area contributed by atoms with Crippen molar-refractivity contribution in [1.82, 2.24) is 4.98 Å². The van der Waals surface area contributed by atoms with Gasteiger partial charge in [0.05, 0.1) is 0 Å². The Morgan fingerprint density at radius 3 is 2.27 bits per heavy atom. The summed E-state index contributed by atoms with van der Waals surface area (Å²) in [6.45, 7) is 2.03. The third-order valence-electron chi connectivity index (χ3n) is 3.81. The van der Waals surface area contributed by atoms with Gasteiger partial charge in [0.1, 0.15) is 5.60 Å². The lowest BCUT2D eigenvalue weighted by Crippen LogP contribution is -2.29. The van der Waals surface area contributed by atoms with Crippen LogP contribution >= 0.6 is 15.9 Å². The second kappa shape index (κ2) is 6.03. The highest BCUT2D eigenvalue weighted by molar-refractivity contribution is 9.10. The van der Waals surface area contributed by atoms with Crippen LogP contribution in [0.3, 0.4) is 0 Å². The molecule has 3 rings (SSSR count). The molecule has 0 aliphatic rings. The fourth-order valence-electron chi connectivity index (χ4n) is 2.60. The fraction of sp³-hybridized carbons (Fsp3) is 0.105. The van der Waals surface area contributed by atoms with Crippen molar-refractivity contribution in [2.75, 3.05) is 0 Å². The third kappa shape index (κ3) is 2.58. The van der Waals surface area contributed by atoms with E-state index in [2.05, 4.69) is 20.9 Å². The minimum absolute atomic E-state index is 0.741. The summed E-state index contributed by atoms with van der Waals surface area (Å²) in [7, 11) is 0. The maximum Gasteiger partial charge on any atom is 0.143 e. The van der Waals surface area contributed by atoms with Crippen LogP contribution in [0.15, 0.2) is 77.5 Å². The van der Waals surface area contributed by atoms with Crippen LogP contribution in [-0.2, 0) is 5.60 Å². The van der Waals surface area contributed by atoms with E-state index in [4.69, 9.17) is 0 Å². The molecule has 0 radical (unpaired) electrons. The van der Waals surface area contributed by atoms with Crippen molar-refractivity contribution >= 4 is 15.9 Å². The highest BCUT2D eigenvalue weighted by Gasteiger charge is 2.35. The van der Waals surface area contributed by atoms with Crippen LogP contribution < -0.4 is 0 Å². The lowest BCUT2D eigenvalue weighted by atomic mass is 9.81. The molecule has 1 unspecified atom stereocenters. The average molecular weight is 354 g/mol. The van der Waals surface area contributed by atoms with Crippen LogP contribution in [0.1, 0.15) is 22.3 Å². The zero-order valence-electron chi connectivity index (χ0n) is 12.2. The summed E-state index contributed by atoms with van der Waals surface area (Å²) < 4.78 is 0.863. The highest BCUT2D eigenvalue weighted by atomic mass is 79.9. The van der Waals surface area contributed by atoms with Gasteiger partial charge in [-0.3, -0.25) is 4.98 Å². The molecule has 2 aromatic carbocycles. The number of hydrogen-bond acceptors (Lipinski definition) is 2. The largest absolute Gasteiger partial charge is 0.376 e. The molecule has 1 atom stereocenters. The van der Waals surface area contributed by atoms with E-state index in [1.165, 1.54) is 0 Å². The third-order valence-corrected chi connectivity index (χ3v) is 4.50. The SMILES string of the molecule is Cc1ccc(C(O)(c2cccnc2)c2ccccc2Br)cc1. The van der Waals surface area contributed by atoms with Gasteiger partial charge in [0.25, 0.3) is 0 Å². The summed E-state index contributed by atoms with van der Waals surface area (Å²) in [5.41, 5.74) is 2.27. The molecule has 1 heterocycles. The number of aliphatic hydroxyl groups is 1. The monoisotopic (exact) mass is 353 g/mol. The molecule has 0 aliphatic carbocycles.